The number of hydrogen-bond acceptors (Lipinski definition) is 9. The van der Waals surface area contributed by atoms with E-state index in [4.69, 9.17) is 4.74 Å². The molecule has 1 saturated heterocycles. The molecule has 0 amide bonds. The minimum Gasteiger partial charge on any atom is -0.394 e. The first-order valence-corrected chi connectivity index (χ1v) is 12.7. The molecular weight excluding hydrogens is 535 g/mol. The van der Waals surface area contributed by atoms with Crippen molar-refractivity contribution in [1.29, 1.82) is 0 Å². The molecule has 0 radical (unpaired) electrons. The molecule has 3 aromatic heterocycles. The molecule has 14 heteroatoms. The van der Waals surface area contributed by atoms with Gasteiger partial charge >= 0.3 is 0 Å². The highest BCUT2D eigenvalue weighted by Crippen LogP contribution is 2.37. The van der Waals surface area contributed by atoms with Gasteiger partial charge in [-0.1, -0.05) is 17.3 Å². The SMILES string of the molecule is CF.OCC1OC(c2nncn2Cc2nc3ccccc3s2)CC(n2cc(-c3ccc(F)c(F)c3)nn2)C1O. The van der Waals surface area contributed by atoms with Gasteiger partial charge in [0.2, 0.25) is 0 Å². The number of rotatable bonds is 6. The molecule has 10 nitrogen and oxygen atoms in total. The normalized spacial score (nSPS) is 21.1. The Morgan fingerprint density at radius 3 is 2.69 bits per heavy atom. The van der Waals surface area contributed by atoms with Crippen LogP contribution >= 0.6 is 11.3 Å². The maximum Gasteiger partial charge on any atom is 0.162 e. The first-order valence-electron chi connectivity index (χ1n) is 11.9. The molecule has 2 aromatic carbocycles. The number of aliphatic hydroxyl groups excluding tert-OH is 2. The third-order valence-corrected chi connectivity index (χ3v) is 7.41. The van der Waals surface area contributed by atoms with Crippen LogP contribution in [0, 0.1) is 11.6 Å². The van der Waals surface area contributed by atoms with E-state index < -0.39 is 42.6 Å². The lowest BCUT2D eigenvalue weighted by Gasteiger charge is -2.38. The van der Waals surface area contributed by atoms with Crippen molar-refractivity contribution in [3.63, 3.8) is 0 Å². The molecule has 4 atom stereocenters. The molecule has 4 unspecified atom stereocenters. The number of nitrogens with zero attached hydrogens (tertiary/aromatic N) is 7. The summed E-state index contributed by atoms with van der Waals surface area (Å²) in [6, 6.07) is 10.7. The standard InChI is InChI=1S/C24H21F2N7O3S.CH3F/c25-14-6-5-13(7-15(14)26)17-9-33(31-29-17)18-8-19(36-20(11-34)23(18)35)24-30-27-12-32(24)10-22-28-16-3-1-2-4-21(16)37-22;1-2/h1-7,9,12,18-20,23,34-35H,8,10-11H2;1H3. The molecule has 4 heterocycles. The van der Waals surface area contributed by atoms with Gasteiger partial charge in [0.1, 0.15) is 35.3 Å². The van der Waals surface area contributed by atoms with Crippen LogP contribution in [0.2, 0.25) is 0 Å². The van der Waals surface area contributed by atoms with Crippen molar-refractivity contribution >= 4 is 21.6 Å². The number of fused-ring (bicyclic) bond motifs is 1. The highest BCUT2D eigenvalue weighted by Gasteiger charge is 2.41. The molecule has 2 N–H and O–H groups in total. The smallest absolute Gasteiger partial charge is 0.162 e. The van der Waals surface area contributed by atoms with Gasteiger partial charge in [-0.2, -0.15) is 0 Å². The number of thiazole rings is 1. The Bertz CT molecular complexity index is 1530. The van der Waals surface area contributed by atoms with Gasteiger partial charge in [-0.25, -0.2) is 18.4 Å². The molecule has 5 aromatic rings. The van der Waals surface area contributed by atoms with Crippen molar-refractivity contribution in [3.05, 3.63) is 77.5 Å². The van der Waals surface area contributed by atoms with Gasteiger partial charge < -0.3 is 19.5 Å². The molecule has 39 heavy (non-hydrogen) atoms. The molecule has 0 spiro atoms. The first kappa shape index (κ1) is 26.9. The summed E-state index contributed by atoms with van der Waals surface area (Å²) in [4.78, 5) is 4.67. The first-order chi connectivity index (χ1) is 19.0. The van der Waals surface area contributed by atoms with Crippen LogP contribution in [-0.4, -0.2) is 70.9 Å². The predicted molar refractivity (Wildman–Crippen MR) is 136 cm³/mol. The Labute approximate surface area is 224 Å². The summed E-state index contributed by atoms with van der Waals surface area (Å²) >= 11 is 1.58. The Balaban J connectivity index is 0.00000151. The topological polar surface area (TPSA) is 124 Å². The lowest BCUT2D eigenvalue weighted by Crippen LogP contribution is -2.45. The second-order valence-electron chi connectivity index (χ2n) is 8.74. The summed E-state index contributed by atoms with van der Waals surface area (Å²) in [5.74, 6) is -1.43. The van der Waals surface area contributed by atoms with E-state index in [1.165, 1.54) is 10.7 Å². The number of benzene rings is 2. The fourth-order valence-corrected chi connectivity index (χ4v) is 5.50. The van der Waals surface area contributed by atoms with Crippen molar-refractivity contribution in [2.45, 2.75) is 37.3 Å². The molecule has 1 aliphatic rings. The number of ether oxygens (including phenoxy) is 1. The summed E-state index contributed by atoms with van der Waals surface area (Å²) < 4.78 is 46.9. The molecule has 204 valence electrons. The predicted octanol–water partition coefficient (Wildman–Crippen LogP) is 3.48. The zero-order chi connectivity index (χ0) is 27.5. The molecule has 0 bridgehead atoms. The Morgan fingerprint density at radius 2 is 1.92 bits per heavy atom. The fourth-order valence-electron chi connectivity index (χ4n) is 4.53. The molecule has 1 aliphatic heterocycles. The van der Waals surface area contributed by atoms with Gasteiger partial charge in [-0.05, 0) is 30.3 Å². The maximum absolute atomic E-state index is 13.7. The van der Waals surface area contributed by atoms with E-state index in [1.807, 2.05) is 28.8 Å². The zero-order valence-electron chi connectivity index (χ0n) is 20.6. The summed E-state index contributed by atoms with van der Waals surface area (Å²) in [7, 11) is 0.500. The highest BCUT2D eigenvalue weighted by molar-refractivity contribution is 7.18. The third kappa shape index (κ3) is 5.41. The minimum atomic E-state index is -1.10. The third-order valence-electron chi connectivity index (χ3n) is 6.39. The molecule has 0 aliphatic carbocycles. The van der Waals surface area contributed by atoms with Gasteiger partial charge in [-0.15, -0.1) is 26.6 Å². The van der Waals surface area contributed by atoms with Gasteiger partial charge in [-0.3, -0.25) is 4.39 Å². The van der Waals surface area contributed by atoms with Gasteiger partial charge in [0, 0.05) is 12.0 Å². The van der Waals surface area contributed by atoms with Crippen molar-refractivity contribution in [2.24, 2.45) is 0 Å². The number of alkyl halides is 1. The second-order valence-corrected chi connectivity index (χ2v) is 9.86. The average molecular weight is 560 g/mol. The average Bonchev–Trinajstić information content (AvgIpc) is 3.71. The number of halogens is 3. The van der Waals surface area contributed by atoms with E-state index in [2.05, 4.69) is 25.5 Å². The summed E-state index contributed by atoms with van der Waals surface area (Å²) in [6.07, 6.45) is 0.780. The van der Waals surface area contributed by atoms with Gasteiger partial charge in [0.05, 0.1) is 42.8 Å². The van der Waals surface area contributed by atoms with E-state index in [-0.39, 0.29) is 6.42 Å². The van der Waals surface area contributed by atoms with Crippen molar-refractivity contribution in [2.75, 3.05) is 13.8 Å². The Hall–Kier alpha value is -3.72. The second kappa shape index (κ2) is 11.6. The van der Waals surface area contributed by atoms with E-state index in [1.54, 1.807) is 23.9 Å². The van der Waals surface area contributed by atoms with Crippen LogP contribution < -0.4 is 0 Å². The van der Waals surface area contributed by atoms with E-state index >= 15 is 0 Å². The fraction of sp³-hybridized carbons (Fsp3) is 0.320. The number of aromatic nitrogens is 7. The van der Waals surface area contributed by atoms with Crippen LogP contribution in [0.5, 0.6) is 0 Å². The molecule has 1 fully saturated rings. The van der Waals surface area contributed by atoms with Crippen LogP contribution in [-0.2, 0) is 11.3 Å². The molecule has 0 saturated carbocycles. The molecular formula is C25H24F3N7O3S. The highest BCUT2D eigenvalue weighted by atomic mass is 32.1. The Kier molecular flexibility index (Phi) is 7.97. The van der Waals surface area contributed by atoms with E-state index in [0.717, 1.165) is 27.4 Å². The van der Waals surface area contributed by atoms with E-state index in [9.17, 15) is 23.4 Å². The van der Waals surface area contributed by atoms with Crippen LogP contribution in [0.15, 0.2) is 55.0 Å². The van der Waals surface area contributed by atoms with Crippen LogP contribution in [0.25, 0.3) is 21.5 Å². The monoisotopic (exact) mass is 559 g/mol. The van der Waals surface area contributed by atoms with Gasteiger partial charge in [0.15, 0.2) is 17.5 Å². The van der Waals surface area contributed by atoms with Crippen LogP contribution in [0.3, 0.4) is 0 Å². The summed E-state index contributed by atoms with van der Waals surface area (Å²) in [5.41, 5.74) is 1.57. The van der Waals surface area contributed by atoms with Gasteiger partial charge in [0.25, 0.3) is 0 Å². The quantitative estimate of drug-likeness (QED) is 0.324. The lowest BCUT2D eigenvalue weighted by molar-refractivity contribution is -0.161. The maximum atomic E-state index is 13.7. The summed E-state index contributed by atoms with van der Waals surface area (Å²) in [5, 5.41) is 38.2. The number of para-hydroxylation sites is 1. The Morgan fingerprint density at radius 1 is 1.10 bits per heavy atom. The van der Waals surface area contributed by atoms with Crippen LogP contribution in [0.1, 0.15) is 29.4 Å². The number of aliphatic hydroxyl groups is 2. The zero-order valence-corrected chi connectivity index (χ0v) is 21.4. The van der Waals surface area contributed by atoms with Crippen molar-refractivity contribution in [1.82, 2.24) is 34.7 Å². The largest absolute Gasteiger partial charge is 0.394 e. The summed E-state index contributed by atoms with van der Waals surface area (Å²) in [6.45, 7) is 0.00700. The van der Waals surface area contributed by atoms with Crippen molar-refractivity contribution < 1.29 is 28.1 Å². The molecule has 6 rings (SSSR count). The van der Waals surface area contributed by atoms with Crippen molar-refractivity contribution in [3.8, 4) is 11.3 Å². The van der Waals surface area contributed by atoms with Crippen LogP contribution in [0.4, 0.5) is 13.2 Å². The lowest BCUT2D eigenvalue weighted by atomic mass is 9.95. The van der Waals surface area contributed by atoms with E-state index in [0.29, 0.717) is 30.8 Å². The number of hydrogen-bond donors (Lipinski definition) is 2. The minimum absolute atomic E-state index is 0.261.